The molecule has 0 fully saturated rings. The van der Waals surface area contributed by atoms with Crippen LogP contribution in [0.15, 0.2) is 11.4 Å². The molecule has 20 heavy (non-hydrogen) atoms. The summed E-state index contributed by atoms with van der Waals surface area (Å²) in [5.41, 5.74) is 1.20. The fourth-order valence-corrected chi connectivity index (χ4v) is 2.80. The highest BCUT2D eigenvalue weighted by molar-refractivity contribution is 7.99. The summed E-state index contributed by atoms with van der Waals surface area (Å²) in [5.74, 6) is -0.0547. The Bertz CT molecular complexity index is 447. The summed E-state index contributed by atoms with van der Waals surface area (Å²) in [6.45, 7) is 11.8. The Morgan fingerprint density at radius 3 is 2.60 bits per heavy atom. The quantitative estimate of drug-likeness (QED) is 0.778. The summed E-state index contributed by atoms with van der Waals surface area (Å²) in [4.78, 5) is 15.1. The van der Waals surface area contributed by atoms with Crippen molar-refractivity contribution in [1.82, 2.24) is 9.55 Å². The van der Waals surface area contributed by atoms with E-state index in [0.29, 0.717) is 5.92 Å². The van der Waals surface area contributed by atoms with Gasteiger partial charge in [0.15, 0.2) is 5.16 Å². The average molecular weight is 298 g/mol. The van der Waals surface area contributed by atoms with Gasteiger partial charge in [-0.15, -0.1) is 0 Å². The number of rotatable bonds is 7. The van der Waals surface area contributed by atoms with Crippen LogP contribution in [0.5, 0.6) is 0 Å². The molecule has 0 aliphatic heterocycles. The number of imidazole rings is 1. The molecule has 5 heteroatoms. The van der Waals surface area contributed by atoms with Crippen LogP contribution in [-0.4, -0.2) is 26.4 Å². The standard InChI is InChI=1S/C15H26N2O2S/c1-11(2)7-6-8-17-12(15(3,4)5)9-16-14(17)20-10-13(18)19/h9,11H,6-8,10H2,1-5H3,(H,18,19). The molecular formula is C15H26N2O2S. The molecule has 0 aliphatic carbocycles. The third kappa shape index (κ3) is 5.19. The molecule has 0 aromatic carbocycles. The minimum atomic E-state index is -0.802. The Hall–Kier alpha value is -0.970. The molecule has 0 aliphatic rings. The molecule has 0 spiro atoms. The van der Waals surface area contributed by atoms with Gasteiger partial charge < -0.3 is 9.67 Å². The predicted octanol–water partition coefficient (Wildman–Crippen LogP) is 3.79. The molecule has 114 valence electrons. The fraction of sp³-hybridized carbons (Fsp3) is 0.733. The van der Waals surface area contributed by atoms with Crippen molar-refractivity contribution in [2.75, 3.05) is 5.75 Å². The van der Waals surface area contributed by atoms with E-state index in [1.54, 1.807) is 0 Å². The van der Waals surface area contributed by atoms with Crippen LogP contribution in [0.3, 0.4) is 0 Å². The highest BCUT2D eigenvalue weighted by Crippen LogP contribution is 2.28. The van der Waals surface area contributed by atoms with Crippen LogP contribution in [0.1, 0.15) is 53.2 Å². The first kappa shape index (κ1) is 17.1. The van der Waals surface area contributed by atoms with Gasteiger partial charge in [0.2, 0.25) is 0 Å². The molecule has 1 aromatic rings. The van der Waals surface area contributed by atoms with Crippen molar-refractivity contribution in [2.45, 2.75) is 64.6 Å². The predicted molar refractivity (Wildman–Crippen MR) is 83.4 cm³/mol. The summed E-state index contributed by atoms with van der Waals surface area (Å²) in [5, 5.41) is 9.64. The lowest BCUT2D eigenvalue weighted by Gasteiger charge is -2.22. The topological polar surface area (TPSA) is 55.1 Å². The van der Waals surface area contributed by atoms with Gasteiger partial charge in [0.25, 0.3) is 0 Å². The second-order valence-electron chi connectivity index (χ2n) is 6.55. The molecule has 0 radical (unpaired) electrons. The maximum absolute atomic E-state index is 10.7. The van der Waals surface area contributed by atoms with E-state index in [2.05, 4.69) is 44.2 Å². The number of thioether (sulfide) groups is 1. The summed E-state index contributed by atoms with van der Waals surface area (Å²) < 4.78 is 2.19. The first-order chi connectivity index (χ1) is 9.21. The molecular weight excluding hydrogens is 272 g/mol. The number of carboxylic acids is 1. The van der Waals surface area contributed by atoms with Gasteiger partial charge in [0.05, 0.1) is 5.75 Å². The zero-order valence-corrected chi connectivity index (χ0v) is 14.0. The lowest BCUT2D eigenvalue weighted by molar-refractivity contribution is -0.133. The number of carbonyl (C=O) groups is 1. The minimum Gasteiger partial charge on any atom is -0.481 e. The molecule has 1 heterocycles. The van der Waals surface area contributed by atoms with E-state index in [9.17, 15) is 4.79 Å². The zero-order valence-electron chi connectivity index (χ0n) is 13.1. The maximum atomic E-state index is 10.7. The summed E-state index contributed by atoms with van der Waals surface area (Å²) >= 11 is 1.30. The van der Waals surface area contributed by atoms with E-state index >= 15 is 0 Å². The molecule has 1 N–H and O–H groups in total. The molecule has 0 saturated carbocycles. The van der Waals surface area contributed by atoms with Crippen LogP contribution in [0.4, 0.5) is 0 Å². The highest BCUT2D eigenvalue weighted by Gasteiger charge is 2.22. The molecule has 0 amide bonds. The first-order valence-corrected chi connectivity index (χ1v) is 8.11. The van der Waals surface area contributed by atoms with Gasteiger partial charge in [-0.1, -0.05) is 46.4 Å². The Morgan fingerprint density at radius 1 is 1.45 bits per heavy atom. The zero-order chi connectivity index (χ0) is 15.3. The van der Waals surface area contributed by atoms with Crippen molar-refractivity contribution in [3.63, 3.8) is 0 Å². The van der Waals surface area contributed by atoms with Crippen molar-refractivity contribution in [3.8, 4) is 0 Å². The summed E-state index contributed by atoms with van der Waals surface area (Å²) in [7, 11) is 0. The van der Waals surface area contributed by atoms with Crippen molar-refractivity contribution >= 4 is 17.7 Å². The van der Waals surface area contributed by atoms with Crippen molar-refractivity contribution in [1.29, 1.82) is 0 Å². The molecule has 1 aromatic heterocycles. The first-order valence-electron chi connectivity index (χ1n) is 7.12. The molecule has 0 saturated heterocycles. The minimum absolute atomic E-state index is 0.0207. The number of aromatic nitrogens is 2. The highest BCUT2D eigenvalue weighted by atomic mass is 32.2. The molecule has 4 nitrogen and oxygen atoms in total. The fourth-order valence-electron chi connectivity index (χ4n) is 2.07. The Morgan fingerprint density at radius 2 is 2.10 bits per heavy atom. The van der Waals surface area contributed by atoms with Crippen LogP contribution < -0.4 is 0 Å². The summed E-state index contributed by atoms with van der Waals surface area (Å²) in [6, 6.07) is 0. The molecule has 1 rings (SSSR count). The van der Waals surface area contributed by atoms with E-state index in [1.165, 1.54) is 23.9 Å². The lowest BCUT2D eigenvalue weighted by atomic mass is 9.92. The number of hydrogen-bond acceptors (Lipinski definition) is 3. The monoisotopic (exact) mass is 298 g/mol. The Labute approximate surface area is 126 Å². The van der Waals surface area contributed by atoms with Crippen LogP contribution in [-0.2, 0) is 16.8 Å². The lowest BCUT2D eigenvalue weighted by Crippen LogP contribution is -2.18. The van der Waals surface area contributed by atoms with Crippen LogP contribution in [0, 0.1) is 5.92 Å². The SMILES string of the molecule is CC(C)CCCn1c(C(C)(C)C)cnc1SCC(=O)O. The van der Waals surface area contributed by atoms with Crippen LogP contribution in [0.25, 0.3) is 0 Å². The second kappa shape index (κ2) is 7.16. The third-order valence-electron chi connectivity index (χ3n) is 3.08. The third-order valence-corrected chi connectivity index (χ3v) is 4.05. The number of aliphatic carboxylic acids is 1. The smallest absolute Gasteiger partial charge is 0.313 e. The van der Waals surface area contributed by atoms with Crippen molar-refractivity contribution in [2.24, 2.45) is 5.92 Å². The van der Waals surface area contributed by atoms with Gasteiger partial charge in [-0.25, -0.2) is 4.98 Å². The largest absolute Gasteiger partial charge is 0.481 e. The molecule has 0 unspecified atom stereocenters. The van der Waals surface area contributed by atoms with E-state index in [4.69, 9.17) is 5.11 Å². The second-order valence-corrected chi connectivity index (χ2v) is 7.49. The number of hydrogen-bond donors (Lipinski definition) is 1. The van der Waals surface area contributed by atoms with E-state index in [0.717, 1.165) is 18.1 Å². The number of carboxylic acid groups (broad SMARTS) is 1. The average Bonchev–Trinajstić information content (AvgIpc) is 2.68. The van der Waals surface area contributed by atoms with Gasteiger partial charge in [-0.3, -0.25) is 4.79 Å². The van der Waals surface area contributed by atoms with Gasteiger partial charge in [0, 0.05) is 23.9 Å². The van der Waals surface area contributed by atoms with Gasteiger partial charge in [-0.2, -0.15) is 0 Å². The van der Waals surface area contributed by atoms with E-state index in [-0.39, 0.29) is 11.2 Å². The maximum Gasteiger partial charge on any atom is 0.313 e. The van der Waals surface area contributed by atoms with Gasteiger partial charge in [-0.05, 0) is 18.8 Å². The van der Waals surface area contributed by atoms with Crippen molar-refractivity contribution in [3.05, 3.63) is 11.9 Å². The number of nitrogens with zero attached hydrogens (tertiary/aromatic N) is 2. The molecule has 0 atom stereocenters. The van der Waals surface area contributed by atoms with Gasteiger partial charge in [0.1, 0.15) is 0 Å². The van der Waals surface area contributed by atoms with Crippen LogP contribution in [0.2, 0.25) is 0 Å². The van der Waals surface area contributed by atoms with E-state index < -0.39 is 5.97 Å². The van der Waals surface area contributed by atoms with Crippen molar-refractivity contribution < 1.29 is 9.90 Å². The van der Waals surface area contributed by atoms with Crippen LogP contribution >= 0.6 is 11.8 Å². The van der Waals surface area contributed by atoms with E-state index in [1.807, 2.05) is 6.20 Å². The Balaban J connectivity index is 2.88. The molecule has 0 bridgehead atoms. The summed E-state index contributed by atoms with van der Waals surface area (Å²) in [6.07, 6.45) is 4.15. The Kier molecular flexibility index (Phi) is 6.11. The normalized spacial score (nSPS) is 12.1. The van der Waals surface area contributed by atoms with Gasteiger partial charge >= 0.3 is 5.97 Å².